The van der Waals surface area contributed by atoms with Crippen molar-refractivity contribution in [1.29, 1.82) is 0 Å². The van der Waals surface area contributed by atoms with Gasteiger partial charge in [0.25, 0.3) is 0 Å². The molecule has 3 rings (SSSR count). The van der Waals surface area contributed by atoms with Gasteiger partial charge in [-0.25, -0.2) is 9.18 Å². The fourth-order valence-corrected chi connectivity index (χ4v) is 2.49. The van der Waals surface area contributed by atoms with Crippen molar-refractivity contribution in [2.24, 2.45) is 0 Å². The number of hydrogen-bond donors (Lipinski definition) is 0. The Bertz CT molecular complexity index is 861. The van der Waals surface area contributed by atoms with Crippen LogP contribution >= 0.6 is 11.6 Å². The van der Waals surface area contributed by atoms with E-state index in [4.69, 9.17) is 21.1 Å². The number of rotatable bonds is 5. The first kappa shape index (κ1) is 17.0. The fourth-order valence-electron chi connectivity index (χ4n) is 2.25. The Hall–Kier alpha value is -2.85. The molecule has 3 nitrogen and oxygen atoms in total. The van der Waals surface area contributed by atoms with Crippen molar-refractivity contribution in [2.75, 3.05) is 0 Å². The summed E-state index contributed by atoms with van der Waals surface area (Å²) < 4.78 is 24.8. The number of halogens is 2. The largest absolute Gasteiger partial charge is 0.457 e. The lowest BCUT2D eigenvalue weighted by atomic mass is 10.2. The van der Waals surface area contributed by atoms with E-state index < -0.39 is 11.8 Å². The van der Waals surface area contributed by atoms with E-state index in [0.29, 0.717) is 17.1 Å². The molecule has 0 amide bonds. The third kappa shape index (κ3) is 4.17. The van der Waals surface area contributed by atoms with E-state index >= 15 is 0 Å². The van der Waals surface area contributed by atoms with Crippen molar-refractivity contribution in [3.05, 3.63) is 94.8 Å². The van der Waals surface area contributed by atoms with E-state index in [-0.39, 0.29) is 17.2 Å². The van der Waals surface area contributed by atoms with Gasteiger partial charge in [0.1, 0.15) is 29.5 Å². The number of hydrogen-bond acceptors (Lipinski definition) is 3. The van der Waals surface area contributed by atoms with Gasteiger partial charge < -0.3 is 9.47 Å². The van der Waals surface area contributed by atoms with Gasteiger partial charge in [-0.2, -0.15) is 0 Å². The van der Waals surface area contributed by atoms with Crippen LogP contribution in [0.5, 0.6) is 11.5 Å². The van der Waals surface area contributed by atoms with Crippen LogP contribution in [0.3, 0.4) is 0 Å². The molecule has 0 spiro atoms. The number of para-hydroxylation sites is 2. The van der Waals surface area contributed by atoms with Gasteiger partial charge in [0.05, 0.1) is 5.02 Å². The summed E-state index contributed by atoms with van der Waals surface area (Å²) in [6, 6.07) is 20.4. The number of carbonyl (C=O) groups excluding carboxylic acids is 1. The topological polar surface area (TPSA) is 35.5 Å². The van der Waals surface area contributed by atoms with Crippen molar-refractivity contribution in [2.45, 2.75) is 6.61 Å². The average molecular weight is 357 g/mol. The van der Waals surface area contributed by atoms with E-state index in [9.17, 15) is 9.18 Å². The number of esters is 1. The summed E-state index contributed by atoms with van der Waals surface area (Å²) in [6.45, 7) is -0.0630. The molecule has 3 aromatic carbocycles. The smallest absolute Gasteiger partial charge is 0.343 e. The highest BCUT2D eigenvalue weighted by molar-refractivity contribution is 6.33. The number of ether oxygens (including phenoxy) is 2. The molecule has 0 fully saturated rings. The molecule has 0 atom stereocenters. The maximum Gasteiger partial charge on any atom is 0.343 e. The zero-order chi connectivity index (χ0) is 17.6. The van der Waals surface area contributed by atoms with Crippen LogP contribution in [0.15, 0.2) is 72.8 Å². The summed E-state index contributed by atoms with van der Waals surface area (Å²) in [7, 11) is 0. The van der Waals surface area contributed by atoms with Crippen LogP contribution in [-0.4, -0.2) is 5.97 Å². The molecule has 0 aliphatic rings. The Morgan fingerprint density at radius 2 is 1.64 bits per heavy atom. The predicted octanol–water partition coefficient (Wildman–Crippen LogP) is 5.63. The lowest BCUT2D eigenvalue weighted by molar-refractivity contribution is 0.0465. The second-order valence-corrected chi connectivity index (χ2v) is 5.60. The van der Waals surface area contributed by atoms with Crippen molar-refractivity contribution in [3.63, 3.8) is 0 Å². The molecule has 0 N–H and O–H groups in total. The van der Waals surface area contributed by atoms with Crippen molar-refractivity contribution in [3.8, 4) is 11.5 Å². The van der Waals surface area contributed by atoms with E-state index in [1.165, 1.54) is 12.1 Å². The van der Waals surface area contributed by atoms with E-state index in [2.05, 4.69) is 0 Å². The quantitative estimate of drug-likeness (QED) is 0.556. The molecule has 3 aromatic rings. The molecule has 0 radical (unpaired) electrons. The minimum Gasteiger partial charge on any atom is -0.457 e. The highest BCUT2D eigenvalue weighted by Crippen LogP contribution is 2.26. The van der Waals surface area contributed by atoms with Crippen LogP contribution in [0, 0.1) is 5.82 Å². The molecule has 0 bridgehead atoms. The van der Waals surface area contributed by atoms with Gasteiger partial charge in [0, 0.05) is 5.56 Å². The van der Waals surface area contributed by atoms with Crippen molar-refractivity contribution in [1.82, 2.24) is 0 Å². The predicted molar refractivity (Wildman–Crippen MR) is 93.5 cm³/mol. The normalized spacial score (nSPS) is 10.3. The Kier molecular flexibility index (Phi) is 5.31. The highest BCUT2D eigenvalue weighted by atomic mass is 35.5. The Morgan fingerprint density at radius 3 is 2.40 bits per heavy atom. The molecule has 25 heavy (non-hydrogen) atoms. The van der Waals surface area contributed by atoms with Gasteiger partial charge in [0.15, 0.2) is 0 Å². The third-order valence-electron chi connectivity index (χ3n) is 3.47. The second-order valence-electron chi connectivity index (χ2n) is 5.20. The summed E-state index contributed by atoms with van der Waals surface area (Å²) in [5, 5.41) is 0.0128. The molecule has 126 valence electrons. The van der Waals surface area contributed by atoms with Crippen LogP contribution in [0.1, 0.15) is 15.9 Å². The van der Waals surface area contributed by atoms with Gasteiger partial charge in [-0.1, -0.05) is 54.1 Å². The first-order valence-electron chi connectivity index (χ1n) is 7.57. The summed E-state index contributed by atoms with van der Waals surface area (Å²) >= 11 is 5.88. The maximum atomic E-state index is 13.8. The van der Waals surface area contributed by atoms with E-state index in [1.54, 1.807) is 18.2 Å². The van der Waals surface area contributed by atoms with Crippen LogP contribution in [0.2, 0.25) is 5.02 Å². The summed E-state index contributed by atoms with van der Waals surface area (Å²) in [5.74, 6) is -0.316. The Balaban J connectivity index is 1.74. The lowest BCUT2D eigenvalue weighted by Crippen LogP contribution is -2.09. The molecular weight excluding hydrogens is 343 g/mol. The summed E-state index contributed by atoms with van der Waals surface area (Å²) in [6.07, 6.45) is 0. The monoisotopic (exact) mass is 356 g/mol. The molecule has 0 heterocycles. The standard InChI is InChI=1S/C20H14ClFO3/c21-16-10-6-11-17(22)19(16)20(23)24-13-14-7-4-5-12-18(14)25-15-8-2-1-3-9-15/h1-12H,13H2. The van der Waals surface area contributed by atoms with Gasteiger partial charge in [0.2, 0.25) is 0 Å². The molecule has 0 aromatic heterocycles. The van der Waals surface area contributed by atoms with Gasteiger partial charge >= 0.3 is 5.97 Å². The minimum atomic E-state index is -0.822. The lowest BCUT2D eigenvalue weighted by Gasteiger charge is -2.12. The molecule has 0 unspecified atom stereocenters. The molecule has 0 aliphatic heterocycles. The zero-order valence-corrected chi connectivity index (χ0v) is 13.9. The summed E-state index contributed by atoms with van der Waals surface area (Å²) in [5.41, 5.74) is 0.387. The minimum absolute atomic E-state index is 0.0128. The molecule has 0 saturated heterocycles. The maximum absolute atomic E-state index is 13.8. The second kappa shape index (κ2) is 7.81. The van der Waals surface area contributed by atoms with E-state index in [1.807, 2.05) is 36.4 Å². The molecule has 0 aliphatic carbocycles. The van der Waals surface area contributed by atoms with Gasteiger partial charge in [-0.05, 0) is 30.3 Å². The summed E-state index contributed by atoms with van der Waals surface area (Å²) in [4.78, 5) is 12.1. The van der Waals surface area contributed by atoms with Gasteiger partial charge in [-0.15, -0.1) is 0 Å². The first-order chi connectivity index (χ1) is 12.1. The Labute approximate surface area is 149 Å². The molecular formula is C20H14ClFO3. The third-order valence-corrected chi connectivity index (χ3v) is 3.78. The van der Waals surface area contributed by atoms with Gasteiger partial charge in [-0.3, -0.25) is 0 Å². The highest BCUT2D eigenvalue weighted by Gasteiger charge is 2.18. The zero-order valence-electron chi connectivity index (χ0n) is 13.1. The first-order valence-corrected chi connectivity index (χ1v) is 7.95. The number of carbonyl (C=O) groups is 1. The fraction of sp³-hybridized carbons (Fsp3) is 0.0500. The average Bonchev–Trinajstić information content (AvgIpc) is 2.62. The van der Waals surface area contributed by atoms with Crippen LogP contribution in [0.4, 0.5) is 4.39 Å². The van der Waals surface area contributed by atoms with Crippen molar-refractivity contribution >= 4 is 17.6 Å². The van der Waals surface area contributed by atoms with Crippen molar-refractivity contribution < 1.29 is 18.7 Å². The van der Waals surface area contributed by atoms with Crippen LogP contribution < -0.4 is 4.74 Å². The molecule has 0 saturated carbocycles. The molecule has 5 heteroatoms. The Morgan fingerprint density at radius 1 is 0.920 bits per heavy atom. The van der Waals surface area contributed by atoms with Crippen LogP contribution in [0.25, 0.3) is 0 Å². The van der Waals surface area contributed by atoms with E-state index in [0.717, 1.165) is 6.07 Å². The SMILES string of the molecule is O=C(OCc1ccccc1Oc1ccccc1)c1c(F)cccc1Cl. The number of benzene rings is 3. The van der Waals surface area contributed by atoms with Crippen LogP contribution in [-0.2, 0) is 11.3 Å².